The minimum atomic E-state index is 0.309. The Labute approximate surface area is 128 Å². The molecule has 0 atom stereocenters. The van der Waals surface area contributed by atoms with Crippen molar-refractivity contribution in [3.8, 4) is 5.75 Å². The van der Waals surface area contributed by atoms with E-state index >= 15 is 0 Å². The molecule has 0 saturated carbocycles. The molecule has 0 radical (unpaired) electrons. The highest BCUT2D eigenvalue weighted by Gasteiger charge is 2.07. The number of halogens is 1. The molecule has 4 heteroatoms. The summed E-state index contributed by atoms with van der Waals surface area (Å²) in [6, 6.07) is 15.1. The topological polar surface area (TPSA) is 38.0 Å². The Morgan fingerprint density at radius 1 is 1.05 bits per heavy atom. The Morgan fingerprint density at radius 2 is 1.81 bits per heavy atom. The highest BCUT2D eigenvalue weighted by atomic mass is 35.5. The number of nitrogens with zero attached hydrogens (tertiary/aromatic N) is 2. The van der Waals surface area contributed by atoms with Gasteiger partial charge in [-0.1, -0.05) is 41.9 Å². The van der Waals surface area contributed by atoms with Gasteiger partial charge in [-0.05, 0) is 23.8 Å². The zero-order valence-corrected chi connectivity index (χ0v) is 12.2. The second-order valence-corrected chi connectivity index (χ2v) is 5.34. The maximum atomic E-state index is 9.87. The molecule has 106 valence electrons. The normalized spacial score (nSPS) is 10.7. The number of aromatic nitrogens is 2. The number of hydrogen-bond acceptors (Lipinski definition) is 2. The summed E-state index contributed by atoms with van der Waals surface area (Å²) in [5.41, 5.74) is 2.04. The van der Waals surface area contributed by atoms with Crippen LogP contribution in [0.4, 0.5) is 0 Å². The van der Waals surface area contributed by atoms with Gasteiger partial charge in [0.15, 0.2) is 0 Å². The fourth-order valence-corrected chi connectivity index (χ4v) is 2.39. The van der Waals surface area contributed by atoms with Crippen molar-refractivity contribution in [2.75, 3.05) is 0 Å². The van der Waals surface area contributed by atoms with E-state index in [1.165, 1.54) is 0 Å². The fraction of sp³-hybridized carbons (Fsp3) is 0.118. The summed E-state index contributed by atoms with van der Waals surface area (Å²) < 4.78 is 2.05. The molecule has 0 amide bonds. The molecule has 0 bridgehead atoms. The van der Waals surface area contributed by atoms with Crippen molar-refractivity contribution in [1.82, 2.24) is 9.55 Å². The molecule has 0 spiro atoms. The van der Waals surface area contributed by atoms with Gasteiger partial charge in [-0.25, -0.2) is 4.98 Å². The molecule has 0 aliphatic carbocycles. The van der Waals surface area contributed by atoms with E-state index in [2.05, 4.69) is 4.98 Å². The molecule has 0 aliphatic rings. The van der Waals surface area contributed by atoms with E-state index in [1.807, 2.05) is 53.2 Å². The maximum absolute atomic E-state index is 9.87. The number of benzene rings is 2. The van der Waals surface area contributed by atoms with E-state index in [0.717, 1.165) is 28.4 Å². The number of para-hydroxylation sites is 1. The predicted octanol–water partition coefficient (Wildman–Crippen LogP) is 3.88. The van der Waals surface area contributed by atoms with Crippen LogP contribution < -0.4 is 0 Å². The van der Waals surface area contributed by atoms with Gasteiger partial charge in [0, 0.05) is 29.4 Å². The quantitative estimate of drug-likeness (QED) is 0.794. The van der Waals surface area contributed by atoms with Gasteiger partial charge in [0.05, 0.1) is 6.54 Å². The largest absolute Gasteiger partial charge is 0.508 e. The zero-order chi connectivity index (χ0) is 14.7. The smallest absolute Gasteiger partial charge is 0.120 e. The van der Waals surface area contributed by atoms with Gasteiger partial charge >= 0.3 is 0 Å². The van der Waals surface area contributed by atoms with Crippen molar-refractivity contribution in [3.05, 3.63) is 82.9 Å². The van der Waals surface area contributed by atoms with Crippen molar-refractivity contribution < 1.29 is 5.11 Å². The first-order valence-corrected chi connectivity index (χ1v) is 7.11. The van der Waals surface area contributed by atoms with E-state index in [1.54, 1.807) is 12.3 Å². The first-order valence-electron chi connectivity index (χ1n) is 6.74. The lowest BCUT2D eigenvalue weighted by atomic mass is 10.1. The van der Waals surface area contributed by atoms with E-state index in [-0.39, 0.29) is 0 Å². The number of imidazole rings is 1. The van der Waals surface area contributed by atoms with Crippen molar-refractivity contribution >= 4 is 11.6 Å². The number of hydrogen-bond donors (Lipinski definition) is 1. The third-order valence-corrected chi connectivity index (χ3v) is 3.66. The maximum Gasteiger partial charge on any atom is 0.120 e. The molecule has 0 unspecified atom stereocenters. The lowest BCUT2D eigenvalue weighted by molar-refractivity contribution is 0.465. The Hall–Kier alpha value is -2.26. The van der Waals surface area contributed by atoms with Crippen LogP contribution in [0.25, 0.3) is 0 Å². The third-order valence-electron chi connectivity index (χ3n) is 3.41. The molecule has 1 aromatic heterocycles. The summed E-state index contributed by atoms with van der Waals surface area (Å²) in [4.78, 5) is 4.41. The molecule has 1 N–H and O–H groups in total. The van der Waals surface area contributed by atoms with Crippen LogP contribution >= 0.6 is 11.6 Å². The van der Waals surface area contributed by atoms with Crippen molar-refractivity contribution in [3.63, 3.8) is 0 Å². The van der Waals surface area contributed by atoms with E-state index in [0.29, 0.717) is 12.3 Å². The minimum absolute atomic E-state index is 0.309. The summed E-state index contributed by atoms with van der Waals surface area (Å²) in [7, 11) is 0. The molecule has 0 aliphatic heterocycles. The van der Waals surface area contributed by atoms with Crippen molar-refractivity contribution in [1.29, 1.82) is 0 Å². The van der Waals surface area contributed by atoms with Gasteiger partial charge < -0.3 is 9.67 Å². The van der Waals surface area contributed by atoms with Crippen LogP contribution in [0.5, 0.6) is 5.75 Å². The highest BCUT2D eigenvalue weighted by Crippen LogP contribution is 2.19. The van der Waals surface area contributed by atoms with Crippen molar-refractivity contribution in [2.45, 2.75) is 13.0 Å². The average Bonchev–Trinajstić information content (AvgIpc) is 2.91. The predicted molar refractivity (Wildman–Crippen MR) is 83.7 cm³/mol. The average molecular weight is 299 g/mol. The Bertz CT molecular complexity index is 735. The molecular formula is C17H15ClN2O. The van der Waals surface area contributed by atoms with Gasteiger partial charge in [0.25, 0.3) is 0 Å². The van der Waals surface area contributed by atoms with E-state index in [4.69, 9.17) is 11.6 Å². The SMILES string of the molecule is Oc1ccccc1Cn1ccnc1Cc1ccc(Cl)cc1. The fourth-order valence-electron chi connectivity index (χ4n) is 2.26. The molecular weight excluding hydrogens is 284 g/mol. The van der Waals surface area contributed by atoms with Crippen molar-refractivity contribution in [2.24, 2.45) is 0 Å². The summed E-state index contributed by atoms with van der Waals surface area (Å²) in [5.74, 6) is 1.27. The summed E-state index contributed by atoms with van der Waals surface area (Å²) >= 11 is 5.90. The van der Waals surface area contributed by atoms with Crippen LogP contribution in [0.15, 0.2) is 60.9 Å². The molecule has 0 fully saturated rings. The Morgan fingerprint density at radius 3 is 2.57 bits per heavy atom. The standard InChI is InChI=1S/C17H15ClN2O/c18-15-7-5-13(6-8-15)11-17-19-9-10-20(17)12-14-3-1-2-4-16(14)21/h1-10,21H,11-12H2. The second kappa shape index (κ2) is 6.02. The number of rotatable bonds is 4. The van der Waals surface area contributed by atoms with Gasteiger partial charge in [-0.3, -0.25) is 0 Å². The van der Waals surface area contributed by atoms with E-state index < -0.39 is 0 Å². The van der Waals surface area contributed by atoms with Crippen LogP contribution in [0.1, 0.15) is 17.0 Å². The third kappa shape index (κ3) is 3.26. The lowest BCUT2D eigenvalue weighted by Gasteiger charge is -2.09. The monoisotopic (exact) mass is 298 g/mol. The zero-order valence-electron chi connectivity index (χ0n) is 11.4. The molecule has 1 heterocycles. The van der Waals surface area contributed by atoms with E-state index in [9.17, 15) is 5.11 Å². The van der Waals surface area contributed by atoms with Gasteiger partial charge in [-0.2, -0.15) is 0 Å². The molecule has 0 saturated heterocycles. The first-order chi connectivity index (χ1) is 10.2. The van der Waals surface area contributed by atoms with Gasteiger partial charge in [0.2, 0.25) is 0 Å². The van der Waals surface area contributed by atoms with Gasteiger partial charge in [-0.15, -0.1) is 0 Å². The number of phenols is 1. The highest BCUT2D eigenvalue weighted by molar-refractivity contribution is 6.30. The second-order valence-electron chi connectivity index (χ2n) is 4.90. The van der Waals surface area contributed by atoms with Crippen LogP contribution in [0.2, 0.25) is 5.02 Å². The number of aromatic hydroxyl groups is 1. The molecule has 3 nitrogen and oxygen atoms in total. The lowest BCUT2D eigenvalue weighted by Crippen LogP contribution is -2.05. The molecule has 3 aromatic rings. The summed E-state index contributed by atoms with van der Waals surface area (Å²) in [5, 5.41) is 10.6. The van der Waals surface area contributed by atoms with Crippen LogP contribution in [-0.2, 0) is 13.0 Å². The summed E-state index contributed by atoms with van der Waals surface area (Å²) in [6.07, 6.45) is 4.45. The van der Waals surface area contributed by atoms with Crippen LogP contribution in [0, 0.1) is 0 Å². The number of phenolic OH excluding ortho intramolecular Hbond substituents is 1. The van der Waals surface area contributed by atoms with Crippen LogP contribution in [-0.4, -0.2) is 14.7 Å². The Balaban J connectivity index is 1.81. The molecule has 21 heavy (non-hydrogen) atoms. The minimum Gasteiger partial charge on any atom is -0.508 e. The van der Waals surface area contributed by atoms with Crippen LogP contribution in [0.3, 0.4) is 0 Å². The van der Waals surface area contributed by atoms with Gasteiger partial charge in [0.1, 0.15) is 11.6 Å². The first kappa shape index (κ1) is 13.7. The molecule has 3 rings (SSSR count). The summed E-state index contributed by atoms with van der Waals surface area (Å²) in [6.45, 7) is 0.607. The Kier molecular flexibility index (Phi) is 3.93. The molecule has 2 aromatic carbocycles.